The number of hydrogen-bond acceptors (Lipinski definition) is 4. The summed E-state index contributed by atoms with van der Waals surface area (Å²) in [5, 5.41) is 0. The van der Waals surface area contributed by atoms with Gasteiger partial charge >= 0.3 is 0 Å². The first-order valence-corrected chi connectivity index (χ1v) is 7.31. The van der Waals surface area contributed by atoms with Gasteiger partial charge in [-0.1, -0.05) is 18.2 Å². The number of rotatable bonds is 5. The highest BCUT2D eigenvalue weighted by Crippen LogP contribution is 2.38. The number of ether oxygens (including phenoxy) is 1. The summed E-state index contributed by atoms with van der Waals surface area (Å²) in [7, 11) is 1.66. The molecule has 1 saturated heterocycles. The van der Waals surface area contributed by atoms with Crippen LogP contribution in [0.5, 0.6) is 5.75 Å². The molecular formula is C16H25N3O2. The predicted molar refractivity (Wildman–Crippen MR) is 82.9 cm³/mol. The predicted octanol–water partition coefficient (Wildman–Crippen LogP) is 1.28. The van der Waals surface area contributed by atoms with E-state index in [4.69, 9.17) is 16.2 Å². The lowest BCUT2D eigenvalue weighted by atomic mass is 9.89. The van der Waals surface area contributed by atoms with Crippen LogP contribution in [0.15, 0.2) is 24.3 Å². The summed E-state index contributed by atoms with van der Waals surface area (Å²) < 4.78 is 5.46. The Morgan fingerprint density at radius 1 is 1.43 bits per heavy atom. The largest absolute Gasteiger partial charge is 0.496 e. The Hall–Kier alpha value is -1.59. The first-order valence-electron chi connectivity index (χ1n) is 7.31. The summed E-state index contributed by atoms with van der Waals surface area (Å²) in [6.45, 7) is 5.35. The minimum Gasteiger partial charge on any atom is -0.496 e. The average Bonchev–Trinajstić information content (AvgIpc) is 2.83. The number of hydrogen-bond donors (Lipinski definition) is 2. The van der Waals surface area contributed by atoms with Crippen molar-refractivity contribution in [3.63, 3.8) is 0 Å². The summed E-state index contributed by atoms with van der Waals surface area (Å²) in [5.41, 5.74) is 12.3. The Labute approximate surface area is 126 Å². The van der Waals surface area contributed by atoms with E-state index in [2.05, 4.69) is 4.90 Å². The third kappa shape index (κ3) is 3.04. The summed E-state index contributed by atoms with van der Waals surface area (Å²) >= 11 is 0. The van der Waals surface area contributed by atoms with Gasteiger partial charge < -0.3 is 16.2 Å². The number of benzene rings is 1. The molecule has 0 saturated carbocycles. The molecule has 1 aromatic carbocycles. The van der Waals surface area contributed by atoms with Crippen LogP contribution >= 0.6 is 0 Å². The highest BCUT2D eigenvalue weighted by atomic mass is 16.5. The van der Waals surface area contributed by atoms with Crippen molar-refractivity contribution in [1.29, 1.82) is 0 Å². The number of nitrogens with zero attached hydrogens (tertiary/aromatic N) is 1. The average molecular weight is 291 g/mol. The van der Waals surface area contributed by atoms with Gasteiger partial charge in [-0.2, -0.15) is 0 Å². The van der Waals surface area contributed by atoms with Crippen molar-refractivity contribution >= 4 is 5.91 Å². The van der Waals surface area contributed by atoms with E-state index in [1.54, 1.807) is 7.11 Å². The molecule has 3 unspecified atom stereocenters. The minimum absolute atomic E-state index is 0.0160. The van der Waals surface area contributed by atoms with Crippen molar-refractivity contribution in [2.75, 3.05) is 20.2 Å². The zero-order valence-electron chi connectivity index (χ0n) is 13.0. The topological polar surface area (TPSA) is 81.6 Å². The van der Waals surface area contributed by atoms with Crippen LogP contribution in [0.25, 0.3) is 0 Å². The number of amides is 1. The van der Waals surface area contributed by atoms with Crippen LogP contribution in [0, 0.1) is 5.41 Å². The van der Waals surface area contributed by atoms with Crippen LogP contribution in [0.1, 0.15) is 31.9 Å². The Morgan fingerprint density at radius 2 is 2.10 bits per heavy atom. The van der Waals surface area contributed by atoms with Crippen molar-refractivity contribution in [2.45, 2.75) is 32.4 Å². The third-order valence-electron chi connectivity index (χ3n) is 4.45. The molecule has 5 heteroatoms. The number of nitrogens with two attached hydrogens (primary N) is 2. The molecule has 1 aliphatic heterocycles. The molecule has 2 rings (SSSR count). The number of para-hydroxylation sites is 1. The van der Waals surface area contributed by atoms with Gasteiger partial charge in [0.15, 0.2) is 0 Å². The van der Waals surface area contributed by atoms with E-state index < -0.39 is 5.41 Å². The first-order chi connectivity index (χ1) is 9.89. The highest BCUT2D eigenvalue weighted by molar-refractivity contribution is 5.81. The van der Waals surface area contributed by atoms with Crippen LogP contribution in [0.3, 0.4) is 0 Å². The lowest BCUT2D eigenvalue weighted by molar-refractivity contribution is -0.126. The summed E-state index contributed by atoms with van der Waals surface area (Å²) in [6, 6.07) is 7.84. The quantitative estimate of drug-likeness (QED) is 0.856. The van der Waals surface area contributed by atoms with Crippen molar-refractivity contribution in [3.8, 4) is 5.75 Å². The zero-order chi connectivity index (χ0) is 15.6. The van der Waals surface area contributed by atoms with E-state index in [1.807, 2.05) is 38.1 Å². The Bertz CT molecular complexity index is 518. The van der Waals surface area contributed by atoms with E-state index in [0.717, 1.165) is 24.3 Å². The highest BCUT2D eigenvalue weighted by Gasteiger charge is 2.42. The fourth-order valence-corrected chi connectivity index (χ4v) is 3.16. The Kier molecular flexibility index (Phi) is 4.54. The molecule has 0 radical (unpaired) electrons. The molecule has 1 aliphatic rings. The summed E-state index contributed by atoms with van der Waals surface area (Å²) in [6.07, 6.45) is 0.765. The smallest absolute Gasteiger partial charge is 0.224 e. The maximum atomic E-state index is 11.7. The fraction of sp³-hybridized carbons (Fsp3) is 0.562. The number of methoxy groups -OCH3 is 1. The maximum absolute atomic E-state index is 11.7. The molecule has 116 valence electrons. The van der Waals surface area contributed by atoms with Crippen LogP contribution in [0.2, 0.25) is 0 Å². The van der Waals surface area contributed by atoms with E-state index in [9.17, 15) is 4.79 Å². The van der Waals surface area contributed by atoms with Gasteiger partial charge in [0.1, 0.15) is 5.75 Å². The van der Waals surface area contributed by atoms with Crippen LogP contribution in [-0.2, 0) is 4.79 Å². The van der Waals surface area contributed by atoms with E-state index in [-0.39, 0.29) is 18.0 Å². The van der Waals surface area contributed by atoms with Gasteiger partial charge in [0.2, 0.25) is 5.91 Å². The van der Waals surface area contributed by atoms with Gasteiger partial charge in [0.25, 0.3) is 0 Å². The SMILES string of the molecule is COc1ccccc1C(C(C)N)N1CCC(C)(C(N)=O)C1. The van der Waals surface area contributed by atoms with E-state index >= 15 is 0 Å². The number of likely N-dealkylation sites (tertiary alicyclic amines) is 1. The number of carbonyl (C=O) groups is 1. The molecule has 1 fully saturated rings. The lowest BCUT2D eigenvalue weighted by Gasteiger charge is -2.33. The van der Waals surface area contributed by atoms with Crippen LogP contribution < -0.4 is 16.2 Å². The second-order valence-corrected chi connectivity index (χ2v) is 6.19. The standard InChI is InChI=1S/C16H25N3O2/c1-11(17)14(12-6-4-5-7-13(12)21-3)19-9-8-16(2,10-19)15(18)20/h4-7,11,14H,8-10,17H2,1-3H3,(H2,18,20). The molecule has 0 bridgehead atoms. The van der Waals surface area contributed by atoms with Crippen molar-refractivity contribution < 1.29 is 9.53 Å². The second kappa shape index (κ2) is 6.03. The van der Waals surface area contributed by atoms with Gasteiger partial charge in [-0.3, -0.25) is 9.69 Å². The molecule has 0 aliphatic carbocycles. The fourth-order valence-electron chi connectivity index (χ4n) is 3.16. The molecular weight excluding hydrogens is 266 g/mol. The summed E-state index contributed by atoms with van der Waals surface area (Å²) in [5.74, 6) is 0.584. The summed E-state index contributed by atoms with van der Waals surface area (Å²) in [4.78, 5) is 13.9. The monoisotopic (exact) mass is 291 g/mol. The molecule has 0 aromatic heterocycles. The molecule has 1 heterocycles. The molecule has 4 N–H and O–H groups in total. The first kappa shape index (κ1) is 15.8. The Balaban J connectivity index is 2.31. The molecule has 1 amide bonds. The minimum atomic E-state index is -0.477. The molecule has 3 atom stereocenters. The van der Waals surface area contributed by atoms with E-state index in [1.165, 1.54) is 0 Å². The van der Waals surface area contributed by atoms with E-state index in [0.29, 0.717) is 6.54 Å². The van der Waals surface area contributed by atoms with Gasteiger partial charge in [-0.25, -0.2) is 0 Å². The van der Waals surface area contributed by atoms with Crippen LogP contribution in [0.4, 0.5) is 0 Å². The van der Waals surface area contributed by atoms with Gasteiger partial charge in [0, 0.05) is 18.2 Å². The number of carbonyl (C=O) groups excluding carboxylic acids is 1. The molecule has 1 aromatic rings. The van der Waals surface area contributed by atoms with Gasteiger partial charge in [-0.05, 0) is 32.9 Å². The zero-order valence-corrected chi connectivity index (χ0v) is 13.0. The van der Waals surface area contributed by atoms with Crippen LogP contribution in [-0.4, -0.2) is 37.0 Å². The van der Waals surface area contributed by atoms with Gasteiger partial charge in [0.05, 0.1) is 18.6 Å². The van der Waals surface area contributed by atoms with Crippen molar-refractivity contribution in [2.24, 2.45) is 16.9 Å². The molecule has 21 heavy (non-hydrogen) atoms. The maximum Gasteiger partial charge on any atom is 0.224 e. The second-order valence-electron chi connectivity index (χ2n) is 6.19. The normalized spacial score (nSPS) is 25.5. The lowest BCUT2D eigenvalue weighted by Crippen LogP contribution is -2.42. The third-order valence-corrected chi connectivity index (χ3v) is 4.45. The Morgan fingerprint density at radius 3 is 2.62 bits per heavy atom. The molecule has 5 nitrogen and oxygen atoms in total. The van der Waals surface area contributed by atoms with Crippen molar-refractivity contribution in [1.82, 2.24) is 4.90 Å². The van der Waals surface area contributed by atoms with Gasteiger partial charge in [-0.15, -0.1) is 0 Å². The van der Waals surface area contributed by atoms with Crippen molar-refractivity contribution in [3.05, 3.63) is 29.8 Å². The molecule has 0 spiro atoms. The number of primary amides is 1.